The molecule has 8 heteroatoms. The summed E-state index contributed by atoms with van der Waals surface area (Å²) in [6.07, 6.45) is 3.46. The first-order valence-corrected chi connectivity index (χ1v) is 10.6. The second kappa shape index (κ2) is 8.85. The molecule has 3 heterocycles. The van der Waals surface area contributed by atoms with Gasteiger partial charge in [0, 0.05) is 17.3 Å². The number of halogens is 1. The van der Waals surface area contributed by atoms with Gasteiger partial charge >= 0.3 is 0 Å². The smallest absolute Gasteiger partial charge is 0.264 e. The molecule has 4 rings (SSSR count). The summed E-state index contributed by atoms with van der Waals surface area (Å²) in [5.74, 6) is 0.463. The maximum atomic E-state index is 12.4. The van der Waals surface area contributed by atoms with E-state index in [1.165, 1.54) is 11.8 Å². The van der Waals surface area contributed by atoms with E-state index in [4.69, 9.17) is 16.3 Å². The van der Waals surface area contributed by atoms with Gasteiger partial charge in [0.2, 0.25) is 0 Å². The molecular formula is C22H19ClN4O2S. The predicted octanol–water partition coefficient (Wildman–Crippen LogP) is 4.83. The van der Waals surface area contributed by atoms with Gasteiger partial charge in [-0.1, -0.05) is 29.8 Å². The Hall–Kier alpha value is -2.90. The van der Waals surface area contributed by atoms with Crippen molar-refractivity contribution in [2.24, 2.45) is 4.99 Å². The minimum absolute atomic E-state index is 0.0208. The largest absolute Gasteiger partial charge is 0.489 e. The molecule has 0 bridgehead atoms. The van der Waals surface area contributed by atoms with Crippen molar-refractivity contribution in [3.05, 3.63) is 69.8 Å². The van der Waals surface area contributed by atoms with Crippen molar-refractivity contribution in [3.63, 3.8) is 0 Å². The lowest BCUT2D eigenvalue weighted by Gasteiger charge is -2.11. The highest BCUT2D eigenvalue weighted by molar-refractivity contribution is 8.18. The summed E-state index contributed by atoms with van der Waals surface area (Å²) < 4.78 is 5.84. The van der Waals surface area contributed by atoms with Crippen LogP contribution in [-0.4, -0.2) is 27.1 Å². The van der Waals surface area contributed by atoms with Crippen molar-refractivity contribution in [2.75, 3.05) is 0 Å². The fraction of sp³-hybridized carbons (Fsp3) is 0.182. The summed E-state index contributed by atoms with van der Waals surface area (Å²) in [5.41, 5.74) is 2.95. The number of thioether (sulfide) groups is 1. The van der Waals surface area contributed by atoms with Crippen LogP contribution < -0.4 is 10.1 Å². The molecular weight excluding hydrogens is 420 g/mol. The standard InChI is InChI=1S/C22H19ClN4O2S/c1-13(2)29-18-9-10-24-17-8-7-15(26-20(17)18)11-19-21(28)27-22(30-19)25-12-14-5-3-4-6-16(14)23/h3-11,13H,12H2,1-2H3,(H,25,27,28)/b19-11+. The molecule has 3 aromatic rings. The van der Waals surface area contributed by atoms with Gasteiger partial charge < -0.3 is 10.1 Å². The van der Waals surface area contributed by atoms with Crippen molar-refractivity contribution in [3.8, 4) is 5.75 Å². The van der Waals surface area contributed by atoms with Crippen molar-refractivity contribution < 1.29 is 9.53 Å². The zero-order valence-corrected chi connectivity index (χ0v) is 18.0. The van der Waals surface area contributed by atoms with E-state index in [-0.39, 0.29) is 12.0 Å². The van der Waals surface area contributed by atoms with Gasteiger partial charge in [-0.05, 0) is 55.4 Å². The first kappa shape index (κ1) is 20.4. The van der Waals surface area contributed by atoms with E-state index in [2.05, 4.69) is 20.3 Å². The number of ether oxygens (including phenoxy) is 1. The molecule has 1 N–H and O–H groups in total. The normalized spacial score (nSPS) is 16.6. The van der Waals surface area contributed by atoms with Crippen LogP contribution in [0.2, 0.25) is 5.02 Å². The topological polar surface area (TPSA) is 76.5 Å². The Labute approximate surface area is 183 Å². The number of amides is 1. The van der Waals surface area contributed by atoms with Gasteiger partial charge in [0.25, 0.3) is 5.91 Å². The Morgan fingerprint density at radius 1 is 1.23 bits per heavy atom. The molecule has 1 aromatic carbocycles. The second-order valence-corrected chi connectivity index (χ2v) is 8.29. The van der Waals surface area contributed by atoms with Crippen LogP contribution >= 0.6 is 23.4 Å². The van der Waals surface area contributed by atoms with Crippen LogP contribution in [0.1, 0.15) is 25.1 Å². The predicted molar refractivity (Wildman–Crippen MR) is 122 cm³/mol. The van der Waals surface area contributed by atoms with Crippen LogP contribution in [0.15, 0.2) is 58.6 Å². The Bertz CT molecular complexity index is 1180. The molecule has 0 aliphatic carbocycles. The summed E-state index contributed by atoms with van der Waals surface area (Å²) in [6, 6.07) is 13.0. The number of hydrogen-bond donors (Lipinski definition) is 1. The van der Waals surface area contributed by atoms with E-state index in [9.17, 15) is 4.79 Å². The molecule has 30 heavy (non-hydrogen) atoms. The molecule has 1 aliphatic rings. The molecule has 0 unspecified atom stereocenters. The number of rotatable bonds is 5. The van der Waals surface area contributed by atoms with Crippen molar-refractivity contribution in [1.82, 2.24) is 15.3 Å². The zero-order chi connectivity index (χ0) is 21.1. The van der Waals surface area contributed by atoms with Gasteiger partial charge in [-0.3, -0.25) is 14.8 Å². The average molecular weight is 439 g/mol. The number of nitrogens with zero attached hydrogens (tertiary/aromatic N) is 3. The van der Waals surface area contributed by atoms with E-state index < -0.39 is 0 Å². The lowest BCUT2D eigenvalue weighted by Crippen LogP contribution is -2.19. The van der Waals surface area contributed by atoms with Crippen LogP contribution in [0.3, 0.4) is 0 Å². The molecule has 0 atom stereocenters. The minimum Gasteiger partial charge on any atom is -0.489 e. The lowest BCUT2D eigenvalue weighted by atomic mass is 10.2. The highest BCUT2D eigenvalue weighted by Gasteiger charge is 2.24. The van der Waals surface area contributed by atoms with Crippen molar-refractivity contribution in [2.45, 2.75) is 26.5 Å². The Morgan fingerprint density at radius 2 is 2.07 bits per heavy atom. The first-order chi connectivity index (χ1) is 14.5. The van der Waals surface area contributed by atoms with E-state index in [0.29, 0.717) is 38.6 Å². The number of carbonyl (C=O) groups is 1. The second-order valence-electron chi connectivity index (χ2n) is 6.86. The van der Waals surface area contributed by atoms with Crippen molar-refractivity contribution >= 4 is 51.5 Å². The van der Waals surface area contributed by atoms with Crippen LogP contribution in [0.25, 0.3) is 17.1 Å². The number of pyridine rings is 2. The zero-order valence-electron chi connectivity index (χ0n) is 16.4. The molecule has 0 radical (unpaired) electrons. The van der Waals surface area contributed by atoms with Gasteiger partial charge in [-0.2, -0.15) is 0 Å². The van der Waals surface area contributed by atoms with Gasteiger partial charge in [0.1, 0.15) is 11.3 Å². The van der Waals surface area contributed by atoms with Gasteiger partial charge in [-0.15, -0.1) is 0 Å². The summed E-state index contributed by atoms with van der Waals surface area (Å²) >= 11 is 7.45. The highest BCUT2D eigenvalue weighted by atomic mass is 35.5. The molecule has 1 saturated heterocycles. The third-order valence-electron chi connectivity index (χ3n) is 4.21. The van der Waals surface area contributed by atoms with E-state index >= 15 is 0 Å². The quantitative estimate of drug-likeness (QED) is 0.577. The fourth-order valence-electron chi connectivity index (χ4n) is 2.87. The van der Waals surface area contributed by atoms with E-state index in [1.54, 1.807) is 18.3 Å². The number of fused-ring (bicyclic) bond motifs is 1. The molecule has 0 saturated carbocycles. The molecule has 152 valence electrons. The molecule has 1 amide bonds. The Balaban J connectivity index is 1.57. The Kier molecular flexibility index (Phi) is 6.01. The summed E-state index contributed by atoms with van der Waals surface area (Å²) in [6.45, 7) is 4.31. The van der Waals surface area contributed by atoms with Crippen LogP contribution in [0, 0.1) is 0 Å². The maximum absolute atomic E-state index is 12.4. The summed E-state index contributed by atoms with van der Waals surface area (Å²) in [4.78, 5) is 26.3. The molecule has 6 nitrogen and oxygen atoms in total. The van der Waals surface area contributed by atoms with Crippen LogP contribution in [0.4, 0.5) is 0 Å². The number of aromatic nitrogens is 2. The first-order valence-electron chi connectivity index (χ1n) is 9.41. The van der Waals surface area contributed by atoms with E-state index in [0.717, 1.165) is 11.1 Å². The molecule has 1 aliphatic heterocycles. The number of benzene rings is 1. The van der Waals surface area contributed by atoms with Gasteiger partial charge in [-0.25, -0.2) is 4.98 Å². The fourth-order valence-corrected chi connectivity index (χ4v) is 3.87. The van der Waals surface area contributed by atoms with Gasteiger partial charge in [0.15, 0.2) is 5.17 Å². The molecule has 1 fully saturated rings. The Morgan fingerprint density at radius 3 is 2.87 bits per heavy atom. The number of carbonyl (C=O) groups excluding carboxylic acids is 1. The summed E-state index contributed by atoms with van der Waals surface area (Å²) in [7, 11) is 0. The third kappa shape index (κ3) is 4.63. The lowest BCUT2D eigenvalue weighted by molar-refractivity contribution is -0.115. The number of hydrogen-bond acceptors (Lipinski definition) is 6. The average Bonchev–Trinajstić information content (AvgIpc) is 3.07. The van der Waals surface area contributed by atoms with E-state index in [1.807, 2.05) is 50.2 Å². The monoisotopic (exact) mass is 438 g/mol. The van der Waals surface area contributed by atoms with Gasteiger partial charge in [0.05, 0.1) is 28.8 Å². The van der Waals surface area contributed by atoms with Crippen LogP contribution in [-0.2, 0) is 11.3 Å². The molecule has 0 spiro atoms. The number of aliphatic imine (C=N–C) groups is 1. The maximum Gasteiger partial charge on any atom is 0.264 e. The number of amidine groups is 1. The highest BCUT2D eigenvalue weighted by Crippen LogP contribution is 2.28. The van der Waals surface area contributed by atoms with Crippen LogP contribution in [0.5, 0.6) is 5.75 Å². The van der Waals surface area contributed by atoms with Crippen molar-refractivity contribution in [1.29, 1.82) is 0 Å². The number of nitrogens with one attached hydrogen (secondary N) is 1. The molecule has 2 aromatic heterocycles. The minimum atomic E-state index is -0.204. The third-order valence-corrected chi connectivity index (χ3v) is 5.53. The summed E-state index contributed by atoms with van der Waals surface area (Å²) in [5, 5.41) is 3.98. The SMILES string of the molecule is CC(C)Oc1ccnc2ccc(/C=C3/SC(=NCc4ccccc4Cl)NC3=O)nc12.